The highest BCUT2D eigenvalue weighted by atomic mass is 79.9. The van der Waals surface area contributed by atoms with Gasteiger partial charge in [-0.3, -0.25) is 4.90 Å². The fourth-order valence-electron chi connectivity index (χ4n) is 2.42. The first-order valence-corrected chi connectivity index (χ1v) is 7.68. The molecule has 1 aromatic carbocycles. The molecule has 2 N–H and O–H groups in total. The van der Waals surface area contributed by atoms with Gasteiger partial charge in [-0.05, 0) is 59.3 Å². The monoisotopic (exact) mass is 326 g/mol. The molecule has 106 valence electrons. The number of hydrogen-bond donors (Lipinski definition) is 1. The zero-order valence-corrected chi connectivity index (χ0v) is 13.3. The van der Waals surface area contributed by atoms with Gasteiger partial charge in [-0.15, -0.1) is 0 Å². The maximum atomic E-state index is 5.84. The van der Waals surface area contributed by atoms with E-state index >= 15 is 0 Å². The summed E-state index contributed by atoms with van der Waals surface area (Å²) in [5.41, 5.74) is 7.93. The molecule has 1 aliphatic carbocycles. The average molecular weight is 327 g/mol. The molecule has 3 nitrogen and oxygen atoms in total. The minimum absolute atomic E-state index is 0.631. The molecular weight excluding hydrogens is 304 g/mol. The molecule has 0 aliphatic heterocycles. The summed E-state index contributed by atoms with van der Waals surface area (Å²) < 4.78 is 6.21. The minimum atomic E-state index is 0.631. The molecule has 4 heteroatoms. The maximum Gasteiger partial charge on any atom is 0.0589 e. The Labute approximate surface area is 124 Å². The van der Waals surface area contributed by atoms with Crippen LogP contribution in [0.3, 0.4) is 0 Å². The van der Waals surface area contributed by atoms with Crippen LogP contribution in [0.15, 0.2) is 22.7 Å². The highest BCUT2D eigenvalue weighted by Crippen LogP contribution is 2.35. The Bertz CT molecular complexity index is 421. The van der Waals surface area contributed by atoms with Crippen LogP contribution in [0.1, 0.15) is 25.3 Å². The SMILES string of the molecule is COCCN(Cc1ccc(N)c(Br)c1)C(C)C1CC1. The number of nitrogen functional groups attached to an aromatic ring is 1. The van der Waals surface area contributed by atoms with E-state index in [0.29, 0.717) is 6.04 Å². The summed E-state index contributed by atoms with van der Waals surface area (Å²) in [6.45, 7) is 5.06. The van der Waals surface area contributed by atoms with E-state index in [2.05, 4.69) is 39.9 Å². The van der Waals surface area contributed by atoms with Gasteiger partial charge in [-0.1, -0.05) is 6.07 Å². The summed E-state index contributed by atoms with van der Waals surface area (Å²) in [6, 6.07) is 6.83. The van der Waals surface area contributed by atoms with Crippen molar-refractivity contribution >= 4 is 21.6 Å². The predicted octanol–water partition coefficient (Wildman–Crippen LogP) is 3.28. The largest absolute Gasteiger partial charge is 0.398 e. The second-order valence-corrected chi connectivity index (χ2v) is 6.25. The molecule has 0 spiro atoms. The standard InChI is InChI=1S/C15H23BrN2O/c1-11(13-4-5-13)18(7-8-19-2)10-12-3-6-15(17)14(16)9-12/h3,6,9,11,13H,4-5,7-8,10,17H2,1-2H3. The minimum Gasteiger partial charge on any atom is -0.398 e. The number of halogens is 1. The van der Waals surface area contributed by atoms with Gasteiger partial charge in [-0.2, -0.15) is 0 Å². The Kier molecular flexibility index (Phi) is 5.25. The van der Waals surface area contributed by atoms with Crippen molar-refractivity contribution in [3.8, 4) is 0 Å². The zero-order chi connectivity index (χ0) is 13.8. The first kappa shape index (κ1) is 14.8. The highest BCUT2D eigenvalue weighted by molar-refractivity contribution is 9.10. The molecule has 1 unspecified atom stereocenters. The third kappa shape index (κ3) is 4.20. The van der Waals surface area contributed by atoms with E-state index in [9.17, 15) is 0 Å². The van der Waals surface area contributed by atoms with Crippen molar-refractivity contribution in [2.75, 3.05) is 26.0 Å². The summed E-state index contributed by atoms with van der Waals surface area (Å²) in [5.74, 6) is 0.870. The van der Waals surface area contributed by atoms with Gasteiger partial charge >= 0.3 is 0 Å². The zero-order valence-electron chi connectivity index (χ0n) is 11.7. The van der Waals surface area contributed by atoms with Gasteiger partial charge in [-0.25, -0.2) is 0 Å². The lowest BCUT2D eigenvalue weighted by Gasteiger charge is -2.29. The lowest BCUT2D eigenvalue weighted by Crippen LogP contribution is -2.36. The quantitative estimate of drug-likeness (QED) is 0.781. The Morgan fingerprint density at radius 3 is 2.79 bits per heavy atom. The summed E-state index contributed by atoms with van der Waals surface area (Å²) in [6.07, 6.45) is 2.74. The van der Waals surface area contributed by atoms with Crippen molar-refractivity contribution in [1.82, 2.24) is 4.90 Å². The van der Waals surface area contributed by atoms with Crippen molar-refractivity contribution in [3.05, 3.63) is 28.2 Å². The molecule has 0 amide bonds. The fraction of sp³-hybridized carbons (Fsp3) is 0.600. The summed E-state index contributed by atoms with van der Waals surface area (Å²) in [7, 11) is 1.76. The second kappa shape index (κ2) is 6.73. The molecule has 0 aromatic heterocycles. The topological polar surface area (TPSA) is 38.5 Å². The highest BCUT2D eigenvalue weighted by Gasteiger charge is 2.31. The van der Waals surface area contributed by atoms with Gasteiger partial charge in [0.2, 0.25) is 0 Å². The van der Waals surface area contributed by atoms with Gasteiger partial charge in [0.15, 0.2) is 0 Å². The second-order valence-electron chi connectivity index (χ2n) is 5.40. The summed E-state index contributed by atoms with van der Waals surface area (Å²) >= 11 is 3.50. The fourth-order valence-corrected chi connectivity index (χ4v) is 2.84. The van der Waals surface area contributed by atoms with Gasteiger partial charge in [0.25, 0.3) is 0 Å². The van der Waals surface area contributed by atoms with E-state index in [1.54, 1.807) is 7.11 Å². The first-order valence-electron chi connectivity index (χ1n) is 6.88. The Morgan fingerprint density at radius 2 is 2.21 bits per heavy atom. The van der Waals surface area contributed by atoms with Crippen LogP contribution in [-0.4, -0.2) is 31.2 Å². The van der Waals surface area contributed by atoms with Crippen LogP contribution in [-0.2, 0) is 11.3 Å². The number of nitrogens with zero attached hydrogens (tertiary/aromatic N) is 1. The first-order chi connectivity index (χ1) is 9.11. The number of anilines is 1. The van der Waals surface area contributed by atoms with E-state index in [1.165, 1.54) is 18.4 Å². The van der Waals surface area contributed by atoms with Crippen LogP contribution in [0.25, 0.3) is 0 Å². The number of nitrogens with two attached hydrogens (primary N) is 1. The lowest BCUT2D eigenvalue weighted by atomic mass is 10.1. The summed E-state index contributed by atoms with van der Waals surface area (Å²) in [4.78, 5) is 2.51. The van der Waals surface area contributed by atoms with Crippen LogP contribution in [0.4, 0.5) is 5.69 Å². The molecule has 0 saturated heterocycles. The molecular formula is C15H23BrN2O. The normalized spacial score (nSPS) is 16.8. The van der Waals surface area contributed by atoms with Gasteiger partial charge < -0.3 is 10.5 Å². The van der Waals surface area contributed by atoms with Crippen molar-refractivity contribution in [2.24, 2.45) is 5.92 Å². The Hall–Kier alpha value is -0.580. The molecule has 2 rings (SSSR count). The van der Waals surface area contributed by atoms with Crippen LogP contribution in [0, 0.1) is 5.92 Å². The van der Waals surface area contributed by atoms with E-state index in [4.69, 9.17) is 10.5 Å². The van der Waals surface area contributed by atoms with Crippen molar-refractivity contribution < 1.29 is 4.74 Å². The smallest absolute Gasteiger partial charge is 0.0589 e. The average Bonchev–Trinajstić information content (AvgIpc) is 3.22. The van der Waals surface area contributed by atoms with Gasteiger partial charge in [0, 0.05) is 36.4 Å². The van der Waals surface area contributed by atoms with Crippen molar-refractivity contribution in [3.63, 3.8) is 0 Å². The van der Waals surface area contributed by atoms with Gasteiger partial charge in [0.05, 0.1) is 6.61 Å². The molecule has 1 aliphatic rings. The number of hydrogen-bond acceptors (Lipinski definition) is 3. The number of ether oxygens (including phenoxy) is 1. The summed E-state index contributed by atoms with van der Waals surface area (Å²) in [5, 5.41) is 0. The van der Waals surface area contributed by atoms with Crippen LogP contribution in [0.2, 0.25) is 0 Å². The lowest BCUT2D eigenvalue weighted by molar-refractivity contribution is 0.111. The van der Waals surface area contributed by atoms with E-state index in [0.717, 1.165) is 35.8 Å². The molecule has 19 heavy (non-hydrogen) atoms. The van der Waals surface area contributed by atoms with Crippen molar-refractivity contribution in [1.29, 1.82) is 0 Å². The molecule has 1 saturated carbocycles. The number of rotatable bonds is 7. The predicted molar refractivity (Wildman–Crippen MR) is 83.0 cm³/mol. The Morgan fingerprint density at radius 1 is 1.47 bits per heavy atom. The molecule has 0 radical (unpaired) electrons. The van der Waals surface area contributed by atoms with Gasteiger partial charge in [0.1, 0.15) is 0 Å². The van der Waals surface area contributed by atoms with Crippen LogP contribution >= 0.6 is 15.9 Å². The number of methoxy groups -OCH3 is 1. The molecule has 0 bridgehead atoms. The van der Waals surface area contributed by atoms with Crippen molar-refractivity contribution in [2.45, 2.75) is 32.4 Å². The third-order valence-corrected chi connectivity index (χ3v) is 4.60. The van der Waals surface area contributed by atoms with E-state index in [1.807, 2.05) is 6.07 Å². The van der Waals surface area contributed by atoms with Crippen LogP contribution in [0.5, 0.6) is 0 Å². The van der Waals surface area contributed by atoms with Crippen LogP contribution < -0.4 is 5.73 Å². The molecule has 1 atom stereocenters. The molecule has 1 fully saturated rings. The van der Waals surface area contributed by atoms with E-state index in [-0.39, 0.29) is 0 Å². The molecule has 1 aromatic rings. The maximum absolute atomic E-state index is 5.84. The van der Waals surface area contributed by atoms with E-state index < -0.39 is 0 Å². The number of benzene rings is 1. The third-order valence-electron chi connectivity index (χ3n) is 3.91. The Balaban J connectivity index is 2.02. The molecule has 0 heterocycles.